The molecule has 1 atom stereocenters. The van der Waals surface area contributed by atoms with E-state index in [4.69, 9.17) is 14.2 Å². The summed E-state index contributed by atoms with van der Waals surface area (Å²) < 4.78 is 16.7. The molecule has 0 radical (unpaired) electrons. The Balaban J connectivity index is 1.30. The second-order valence-corrected chi connectivity index (χ2v) is 11.0. The summed E-state index contributed by atoms with van der Waals surface area (Å²) >= 11 is 1.44. The summed E-state index contributed by atoms with van der Waals surface area (Å²) in [5.41, 5.74) is 5.16. The number of unbranched alkanes of at least 4 members (excludes halogenated alkanes) is 1. The van der Waals surface area contributed by atoms with Crippen LogP contribution < -0.4 is 20.2 Å². The molecule has 1 aliphatic rings. The Hall–Kier alpha value is -4.18. The molecule has 1 aromatic heterocycles. The van der Waals surface area contributed by atoms with Crippen molar-refractivity contribution in [3.63, 3.8) is 0 Å². The number of amides is 2. The summed E-state index contributed by atoms with van der Waals surface area (Å²) in [6.45, 7) is 6.44. The highest BCUT2D eigenvalue weighted by atomic mass is 32.1. The van der Waals surface area contributed by atoms with Gasteiger partial charge in [-0.3, -0.25) is 9.59 Å². The molecule has 2 amide bonds. The number of aryl methyl sites for hydroxylation is 1. The van der Waals surface area contributed by atoms with Gasteiger partial charge in [-0.15, -0.1) is 11.3 Å². The molecule has 0 bridgehead atoms. The van der Waals surface area contributed by atoms with Gasteiger partial charge in [0.2, 0.25) is 0 Å². The molecular formula is C32H37N3O6S. The Morgan fingerprint density at radius 1 is 1.00 bits per heavy atom. The van der Waals surface area contributed by atoms with E-state index in [-0.39, 0.29) is 12.5 Å². The number of hydrazone groups is 1. The van der Waals surface area contributed by atoms with E-state index in [0.717, 1.165) is 60.3 Å². The second-order valence-electron chi connectivity index (χ2n) is 9.88. The van der Waals surface area contributed by atoms with Crippen molar-refractivity contribution in [3.05, 3.63) is 75.7 Å². The molecule has 42 heavy (non-hydrogen) atoms. The first kappa shape index (κ1) is 30.8. The lowest BCUT2D eigenvalue weighted by molar-refractivity contribution is -0.127. The summed E-state index contributed by atoms with van der Waals surface area (Å²) in [4.78, 5) is 39.3. The summed E-state index contributed by atoms with van der Waals surface area (Å²) in [6.07, 6.45) is 6.59. The Labute approximate surface area is 250 Å². The standard InChI is InChI=1S/C32H37N3O6S/c1-4-6-19-40-24-15-11-22(12-16-24)20-33-35-29(36)21(3)41-25-17-13-23(14-18-25)30(37)34-31-28(32(38)39-5-2)26-9-7-8-10-27(26)42-31/h11-18,20-21H,4-10,19H2,1-3H3,(H,34,37)(H,35,36). The Kier molecular flexibility index (Phi) is 11.1. The first-order valence-electron chi connectivity index (χ1n) is 14.3. The molecule has 2 N–H and O–H groups in total. The molecule has 2 aromatic carbocycles. The molecule has 4 rings (SSSR count). The van der Waals surface area contributed by atoms with Crippen LogP contribution in [0.25, 0.3) is 0 Å². The number of nitrogens with one attached hydrogen (secondary N) is 2. The molecule has 10 heteroatoms. The molecule has 9 nitrogen and oxygen atoms in total. The van der Waals surface area contributed by atoms with Gasteiger partial charge in [0.15, 0.2) is 6.10 Å². The summed E-state index contributed by atoms with van der Waals surface area (Å²) in [5, 5.41) is 7.44. The van der Waals surface area contributed by atoms with Gasteiger partial charge in [-0.25, -0.2) is 10.2 Å². The molecular weight excluding hydrogens is 554 g/mol. The highest BCUT2D eigenvalue weighted by Crippen LogP contribution is 2.38. The number of anilines is 1. The van der Waals surface area contributed by atoms with Gasteiger partial charge in [0.05, 0.1) is 25.0 Å². The van der Waals surface area contributed by atoms with E-state index >= 15 is 0 Å². The van der Waals surface area contributed by atoms with E-state index < -0.39 is 18.0 Å². The van der Waals surface area contributed by atoms with Crippen LogP contribution in [0.15, 0.2) is 53.6 Å². The van der Waals surface area contributed by atoms with Crippen molar-refractivity contribution < 1.29 is 28.6 Å². The molecule has 1 unspecified atom stereocenters. The van der Waals surface area contributed by atoms with E-state index in [1.165, 1.54) is 11.3 Å². The second kappa shape index (κ2) is 15.2. The Morgan fingerprint density at radius 2 is 1.71 bits per heavy atom. The van der Waals surface area contributed by atoms with Crippen molar-refractivity contribution in [1.82, 2.24) is 5.43 Å². The molecule has 0 aliphatic heterocycles. The zero-order valence-corrected chi connectivity index (χ0v) is 25.1. The molecule has 222 valence electrons. The number of esters is 1. The smallest absolute Gasteiger partial charge is 0.341 e. The fourth-order valence-corrected chi connectivity index (χ4v) is 5.71. The zero-order valence-electron chi connectivity index (χ0n) is 24.2. The minimum atomic E-state index is -0.819. The van der Waals surface area contributed by atoms with Crippen LogP contribution >= 0.6 is 11.3 Å². The van der Waals surface area contributed by atoms with E-state index in [1.54, 1.807) is 44.3 Å². The van der Waals surface area contributed by atoms with Gasteiger partial charge in [-0.2, -0.15) is 5.10 Å². The summed E-state index contributed by atoms with van der Waals surface area (Å²) in [5.74, 6) is 0.0578. The maximum atomic E-state index is 13.0. The largest absolute Gasteiger partial charge is 0.494 e. The van der Waals surface area contributed by atoms with E-state index in [1.807, 2.05) is 24.3 Å². The molecule has 3 aromatic rings. The quantitative estimate of drug-likeness (QED) is 0.107. The molecule has 0 fully saturated rings. The van der Waals surface area contributed by atoms with Crippen LogP contribution in [0.2, 0.25) is 0 Å². The van der Waals surface area contributed by atoms with E-state index in [9.17, 15) is 14.4 Å². The predicted octanol–water partition coefficient (Wildman–Crippen LogP) is 6.15. The van der Waals surface area contributed by atoms with Gasteiger partial charge in [-0.05, 0) is 106 Å². The van der Waals surface area contributed by atoms with Gasteiger partial charge in [0.1, 0.15) is 16.5 Å². The maximum Gasteiger partial charge on any atom is 0.341 e. The van der Waals surface area contributed by atoms with Crippen LogP contribution in [-0.4, -0.2) is 43.3 Å². The number of nitrogens with zero attached hydrogens (tertiary/aromatic N) is 1. The third-order valence-corrected chi connectivity index (χ3v) is 7.92. The monoisotopic (exact) mass is 591 g/mol. The van der Waals surface area contributed by atoms with E-state index in [2.05, 4.69) is 22.8 Å². The molecule has 1 aliphatic carbocycles. The molecule has 0 spiro atoms. The van der Waals surface area contributed by atoms with Gasteiger partial charge >= 0.3 is 5.97 Å². The van der Waals surface area contributed by atoms with Gasteiger partial charge in [-0.1, -0.05) is 13.3 Å². The van der Waals surface area contributed by atoms with Crippen molar-refractivity contribution in [2.75, 3.05) is 18.5 Å². The highest BCUT2D eigenvalue weighted by molar-refractivity contribution is 7.17. The molecule has 0 saturated carbocycles. The number of carbonyl (C=O) groups excluding carboxylic acids is 3. The number of hydrogen-bond acceptors (Lipinski definition) is 8. The normalized spacial score (nSPS) is 13.2. The minimum absolute atomic E-state index is 0.268. The first-order valence-corrected chi connectivity index (χ1v) is 15.2. The lowest BCUT2D eigenvalue weighted by Gasteiger charge is -2.13. The number of thiophene rings is 1. The lowest BCUT2D eigenvalue weighted by atomic mass is 9.95. The van der Waals surface area contributed by atoms with E-state index in [0.29, 0.717) is 28.5 Å². The zero-order chi connectivity index (χ0) is 29.9. The first-order chi connectivity index (χ1) is 20.4. The SMILES string of the molecule is CCCCOc1ccc(C=NNC(=O)C(C)Oc2ccc(C(=O)Nc3sc4c(c3C(=O)OCC)CCCC4)cc2)cc1. The fraction of sp³-hybridized carbons (Fsp3) is 0.375. The summed E-state index contributed by atoms with van der Waals surface area (Å²) in [6, 6.07) is 13.9. The average molecular weight is 592 g/mol. The molecule has 1 heterocycles. The third-order valence-electron chi connectivity index (χ3n) is 6.71. The Bertz CT molecular complexity index is 1400. The average Bonchev–Trinajstić information content (AvgIpc) is 3.36. The van der Waals surface area contributed by atoms with Crippen LogP contribution in [0.3, 0.4) is 0 Å². The topological polar surface area (TPSA) is 115 Å². The van der Waals surface area contributed by atoms with Crippen molar-refractivity contribution in [1.29, 1.82) is 0 Å². The van der Waals surface area contributed by atoms with Gasteiger partial charge in [0.25, 0.3) is 11.8 Å². The number of ether oxygens (including phenoxy) is 3. The van der Waals surface area contributed by atoms with Crippen LogP contribution in [0, 0.1) is 0 Å². The number of carbonyl (C=O) groups is 3. The van der Waals surface area contributed by atoms with Crippen LogP contribution in [0.4, 0.5) is 5.00 Å². The highest BCUT2D eigenvalue weighted by Gasteiger charge is 2.27. The van der Waals surface area contributed by atoms with Crippen LogP contribution in [-0.2, 0) is 22.4 Å². The number of fused-ring (bicyclic) bond motifs is 1. The number of rotatable bonds is 13. The minimum Gasteiger partial charge on any atom is -0.494 e. The van der Waals surface area contributed by atoms with Crippen LogP contribution in [0.1, 0.15) is 83.2 Å². The fourth-order valence-electron chi connectivity index (χ4n) is 4.44. The van der Waals surface area contributed by atoms with Gasteiger partial charge in [0, 0.05) is 10.4 Å². The van der Waals surface area contributed by atoms with Crippen LogP contribution in [0.5, 0.6) is 11.5 Å². The lowest BCUT2D eigenvalue weighted by Crippen LogP contribution is -2.33. The van der Waals surface area contributed by atoms with Crippen molar-refractivity contribution in [3.8, 4) is 11.5 Å². The van der Waals surface area contributed by atoms with Crippen molar-refractivity contribution >= 4 is 40.3 Å². The van der Waals surface area contributed by atoms with Crippen molar-refractivity contribution in [2.24, 2.45) is 5.10 Å². The Morgan fingerprint density at radius 3 is 2.43 bits per heavy atom. The van der Waals surface area contributed by atoms with Gasteiger partial charge < -0.3 is 19.5 Å². The molecule has 0 saturated heterocycles. The van der Waals surface area contributed by atoms with Crippen molar-refractivity contribution in [2.45, 2.75) is 65.4 Å². The summed E-state index contributed by atoms with van der Waals surface area (Å²) in [7, 11) is 0. The predicted molar refractivity (Wildman–Crippen MR) is 164 cm³/mol. The number of hydrogen-bond donors (Lipinski definition) is 2. The maximum absolute atomic E-state index is 13.0. The number of benzene rings is 2. The third kappa shape index (κ3) is 8.19.